The van der Waals surface area contributed by atoms with E-state index in [1.165, 1.54) is 0 Å². The van der Waals surface area contributed by atoms with Crippen molar-refractivity contribution in [2.75, 3.05) is 13.2 Å². The van der Waals surface area contributed by atoms with Gasteiger partial charge in [-0.2, -0.15) is 0 Å². The highest BCUT2D eigenvalue weighted by atomic mass is 16.5. The van der Waals surface area contributed by atoms with Crippen molar-refractivity contribution in [3.05, 3.63) is 41.9 Å². The molecular weight excluding hydrogens is 216 g/mol. The molecule has 0 radical (unpaired) electrons. The maximum absolute atomic E-state index is 12.3. The summed E-state index contributed by atoms with van der Waals surface area (Å²) < 4.78 is 5.32. The summed E-state index contributed by atoms with van der Waals surface area (Å²) >= 11 is 0. The highest BCUT2D eigenvalue weighted by Gasteiger charge is 2.27. The first-order valence-electron chi connectivity index (χ1n) is 5.61. The fraction of sp³-hybridized carbons (Fsp3) is 0.385. The Morgan fingerprint density at radius 2 is 2.35 bits per heavy atom. The molecule has 2 heterocycles. The molecule has 2 rings (SSSR count). The Kier molecular flexibility index (Phi) is 3.24. The standard InChI is InChI=1S/C13H16N2O2/c1-9-4-5-12(6-14-9)13(16)15-10(2)7-17-8-11(15)3/h4-6,11H,2,7-8H2,1,3H3/t11-/m0/s1. The Bertz CT molecular complexity index is 439. The molecule has 4 heteroatoms. The molecule has 1 aromatic rings. The lowest BCUT2D eigenvalue weighted by molar-refractivity contribution is 0.0289. The smallest absolute Gasteiger partial charge is 0.259 e. The van der Waals surface area contributed by atoms with E-state index in [1.54, 1.807) is 17.2 Å². The van der Waals surface area contributed by atoms with Gasteiger partial charge in [-0.15, -0.1) is 0 Å². The quantitative estimate of drug-likeness (QED) is 0.741. The number of hydrogen-bond acceptors (Lipinski definition) is 3. The van der Waals surface area contributed by atoms with Crippen LogP contribution in [0.4, 0.5) is 0 Å². The van der Waals surface area contributed by atoms with Gasteiger partial charge in [0.15, 0.2) is 0 Å². The zero-order valence-corrected chi connectivity index (χ0v) is 10.1. The molecule has 0 aliphatic carbocycles. The van der Waals surface area contributed by atoms with Crippen molar-refractivity contribution in [2.24, 2.45) is 0 Å². The van der Waals surface area contributed by atoms with Crippen LogP contribution < -0.4 is 0 Å². The first-order valence-corrected chi connectivity index (χ1v) is 5.61. The third kappa shape index (κ3) is 2.36. The van der Waals surface area contributed by atoms with Gasteiger partial charge in [0, 0.05) is 17.6 Å². The SMILES string of the molecule is C=C1COC[C@H](C)N1C(=O)c1ccc(C)nc1. The first kappa shape index (κ1) is 11.8. The number of pyridine rings is 1. The van der Waals surface area contributed by atoms with Gasteiger partial charge in [-0.3, -0.25) is 9.78 Å². The highest BCUT2D eigenvalue weighted by molar-refractivity contribution is 5.95. The second-order valence-electron chi connectivity index (χ2n) is 4.29. The summed E-state index contributed by atoms with van der Waals surface area (Å²) in [5.74, 6) is -0.0571. The Morgan fingerprint density at radius 3 is 2.94 bits per heavy atom. The molecule has 1 aromatic heterocycles. The lowest BCUT2D eigenvalue weighted by Gasteiger charge is -2.34. The number of amides is 1. The predicted octanol–water partition coefficient (Wildman–Crippen LogP) is 1.76. The summed E-state index contributed by atoms with van der Waals surface area (Å²) in [6, 6.07) is 3.64. The van der Waals surface area contributed by atoms with Crippen molar-refractivity contribution in [3.8, 4) is 0 Å². The summed E-state index contributed by atoms with van der Waals surface area (Å²) in [5.41, 5.74) is 2.19. The van der Waals surface area contributed by atoms with E-state index in [4.69, 9.17) is 4.74 Å². The molecule has 4 nitrogen and oxygen atoms in total. The fourth-order valence-electron chi connectivity index (χ4n) is 1.88. The summed E-state index contributed by atoms with van der Waals surface area (Å²) in [6.45, 7) is 8.67. The lowest BCUT2D eigenvalue weighted by Crippen LogP contribution is -2.45. The van der Waals surface area contributed by atoms with Crippen molar-refractivity contribution < 1.29 is 9.53 Å². The maximum Gasteiger partial charge on any atom is 0.259 e. The van der Waals surface area contributed by atoms with E-state index in [0.717, 1.165) is 5.69 Å². The normalized spacial score (nSPS) is 20.5. The van der Waals surface area contributed by atoms with Crippen LogP contribution in [-0.4, -0.2) is 35.0 Å². The van der Waals surface area contributed by atoms with Gasteiger partial charge in [-0.25, -0.2) is 0 Å². The van der Waals surface area contributed by atoms with Crippen molar-refractivity contribution in [1.29, 1.82) is 0 Å². The molecule has 0 N–H and O–H groups in total. The molecule has 1 fully saturated rings. The molecule has 0 unspecified atom stereocenters. The number of carbonyl (C=O) groups is 1. The van der Waals surface area contributed by atoms with E-state index >= 15 is 0 Å². The fourth-order valence-corrected chi connectivity index (χ4v) is 1.88. The maximum atomic E-state index is 12.3. The lowest BCUT2D eigenvalue weighted by atomic mass is 10.1. The molecule has 90 valence electrons. The molecule has 0 bridgehead atoms. The summed E-state index contributed by atoms with van der Waals surface area (Å²) in [4.78, 5) is 18.1. The second kappa shape index (κ2) is 4.67. The monoisotopic (exact) mass is 232 g/mol. The molecule has 0 saturated carbocycles. The number of hydrogen-bond donors (Lipinski definition) is 0. The number of rotatable bonds is 1. The minimum absolute atomic E-state index is 0.0186. The first-order chi connectivity index (χ1) is 8.09. The van der Waals surface area contributed by atoms with Crippen molar-refractivity contribution in [1.82, 2.24) is 9.88 Å². The Labute approximate surface area is 101 Å². The summed E-state index contributed by atoms with van der Waals surface area (Å²) in [6.07, 6.45) is 1.60. The molecule has 1 atom stereocenters. The van der Waals surface area contributed by atoms with Gasteiger partial charge < -0.3 is 9.64 Å². The van der Waals surface area contributed by atoms with Crippen molar-refractivity contribution in [3.63, 3.8) is 0 Å². The molecule has 1 amide bonds. The largest absolute Gasteiger partial charge is 0.373 e. The van der Waals surface area contributed by atoms with E-state index < -0.39 is 0 Å². The minimum Gasteiger partial charge on any atom is -0.373 e. The van der Waals surface area contributed by atoms with Crippen LogP contribution in [0.1, 0.15) is 23.0 Å². The van der Waals surface area contributed by atoms with Gasteiger partial charge in [0.05, 0.1) is 24.8 Å². The van der Waals surface area contributed by atoms with Crippen LogP contribution >= 0.6 is 0 Å². The third-order valence-corrected chi connectivity index (χ3v) is 2.79. The molecule has 17 heavy (non-hydrogen) atoms. The van der Waals surface area contributed by atoms with Crippen LogP contribution in [0.15, 0.2) is 30.6 Å². The van der Waals surface area contributed by atoms with E-state index in [-0.39, 0.29) is 11.9 Å². The molecule has 0 aromatic carbocycles. The third-order valence-electron chi connectivity index (χ3n) is 2.79. The summed E-state index contributed by atoms with van der Waals surface area (Å²) in [7, 11) is 0. The average Bonchev–Trinajstić information content (AvgIpc) is 2.29. The Hall–Kier alpha value is -1.68. The van der Waals surface area contributed by atoms with E-state index in [0.29, 0.717) is 24.5 Å². The number of aryl methyl sites for hydroxylation is 1. The molecule has 1 aliphatic heterocycles. The van der Waals surface area contributed by atoms with E-state index in [2.05, 4.69) is 11.6 Å². The minimum atomic E-state index is -0.0571. The van der Waals surface area contributed by atoms with Crippen LogP contribution in [0, 0.1) is 6.92 Å². The number of morpholine rings is 1. The second-order valence-corrected chi connectivity index (χ2v) is 4.29. The van der Waals surface area contributed by atoms with Crippen molar-refractivity contribution >= 4 is 5.91 Å². The molecule has 1 saturated heterocycles. The van der Waals surface area contributed by atoms with Gasteiger partial charge in [-0.05, 0) is 26.0 Å². The molecule has 0 spiro atoms. The van der Waals surface area contributed by atoms with Crippen LogP contribution in [0.5, 0.6) is 0 Å². The van der Waals surface area contributed by atoms with Crippen LogP contribution in [-0.2, 0) is 4.74 Å². The van der Waals surface area contributed by atoms with E-state index in [9.17, 15) is 4.79 Å². The van der Waals surface area contributed by atoms with Gasteiger partial charge in [0.2, 0.25) is 0 Å². The van der Waals surface area contributed by atoms with Gasteiger partial charge >= 0.3 is 0 Å². The van der Waals surface area contributed by atoms with Crippen LogP contribution in [0.2, 0.25) is 0 Å². The van der Waals surface area contributed by atoms with Crippen LogP contribution in [0.25, 0.3) is 0 Å². The zero-order chi connectivity index (χ0) is 12.4. The number of carbonyl (C=O) groups excluding carboxylic acids is 1. The summed E-state index contributed by atoms with van der Waals surface area (Å²) in [5, 5.41) is 0. The number of aromatic nitrogens is 1. The van der Waals surface area contributed by atoms with Gasteiger partial charge in [0.25, 0.3) is 5.91 Å². The van der Waals surface area contributed by atoms with Crippen molar-refractivity contribution in [2.45, 2.75) is 19.9 Å². The topological polar surface area (TPSA) is 42.4 Å². The van der Waals surface area contributed by atoms with E-state index in [1.807, 2.05) is 19.9 Å². The number of nitrogens with zero attached hydrogens (tertiary/aromatic N) is 2. The van der Waals surface area contributed by atoms with Crippen LogP contribution in [0.3, 0.4) is 0 Å². The van der Waals surface area contributed by atoms with Gasteiger partial charge in [-0.1, -0.05) is 6.58 Å². The van der Waals surface area contributed by atoms with Gasteiger partial charge in [0.1, 0.15) is 0 Å². The zero-order valence-electron chi connectivity index (χ0n) is 10.1. The average molecular weight is 232 g/mol. The Morgan fingerprint density at radius 1 is 1.59 bits per heavy atom. The molecule has 1 aliphatic rings. The Balaban J connectivity index is 2.24. The predicted molar refractivity (Wildman–Crippen MR) is 64.6 cm³/mol. The highest BCUT2D eigenvalue weighted by Crippen LogP contribution is 2.18. The number of ether oxygens (including phenoxy) is 1. The molecular formula is C13H16N2O2.